The molecule has 0 amide bonds. The molecule has 0 spiro atoms. The third-order valence-electron chi connectivity index (χ3n) is 14.0. The summed E-state index contributed by atoms with van der Waals surface area (Å²) in [6.45, 7) is 0. The lowest BCUT2D eigenvalue weighted by Gasteiger charge is -2.14. The minimum Gasteiger partial charge on any atom is -0.435 e. The van der Waals surface area contributed by atoms with Crippen LogP contribution in [-0.4, -0.2) is 29.1 Å². The molecule has 0 radical (unpaired) electrons. The zero-order valence-corrected chi connectivity index (χ0v) is 39.3. The van der Waals surface area contributed by atoms with Crippen molar-refractivity contribution in [2.24, 2.45) is 0 Å². The first-order chi connectivity index (χ1) is 35.7. The fraction of sp³-hybridized carbons (Fsp3) is 0. The molecule has 0 N–H and O–H groups in total. The van der Waals surface area contributed by atoms with Gasteiger partial charge in [0.1, 0.15) is 5.52 Å². The van der Waals surface area contributed by atoms with E-state index in [0.29, 0.717) is 23.5 Å². The lowest BCUT2D eigenvalue weighted by molar-refractivity contribution is 0.621. The summed E-state index contributed by atoms with van der Waals surface area (Å²) in [5, 5.41) is 6.87. The Morgan fingerprint density at radius 1 is 0.347 bits per heavy atom. The highest BCUT2D eigenvalue weighted by atomic mass is 32.1. The molecule has 5 heterocycles. The molecular formula is C64H38N6OS. The lowest BCUT2D eigenvalue weighted by Crippen LogP contribution is -2.07. The monoisotopic (exact) mass is 938 g/mol. The topological polar surface area (TPSA) is 74.6 Å². The normalized spacial score (nSPS) is 11.9. The van der Waals surface area contributed by atoms with Crippen molar-refractivity contribution in [1.82, 2.24) is 29.1 Å². The van der Waals surface area contributed by atoms with Gasteiger partial charge in [0.25, 0.3) is 0 Å². The maximum Gasteiger partial charge on any atom is 0.238 e. The number of benzene rings is 10. The maximum atomic E-state index is 6.57. The molecule has 15 aromatic rings. The van der Waals surface area contributed by atoms with Crippen molar-refractivity contribution in [2.75, 3.05) is 0 Å². The number of fused-ring (bicyclic) bond motifs is 11. The van der Waals surface area contributed by atoms with Crippen LogP contribution in [-0.2, 0) is 0 Å². The van der Waals surface area contributed by atoms with Gasteiger partial charge in [-0.05, 0) is 65.2 Å². The Bertz CT molecular complexity index is 4630. The first-order valence-electron chi connectivity index (χ1n) is 24.0. The Labute approximate surface area is 416 Å². The van der Waals surface area contributed by atoms with Crippen LogP contribution in [0.2, 0.25) is 0 Å². The summed E-state index contributed by atoms with van der Waals surface area (Å²) in [4.78, 5) is 21.3. The van der Waals surface area contributed by atoms with E-state index >= 15 is 0 Å². The van der Waals surface area contributed by atoms with Crippen LogP contribution in [0, 0.1) is 0 Å². The van der Waals surface area contributed by atoms with Crippen LogP contribution in [0.25, 0.3) is 143 Å². The average molecular weight is 939 g/mol. The minimum absolute atomic E-state index is 0.539. The van der Waals surface area contributed by atoms with E-state index < -0.39 is 0 Å². The summed E-state index contributed by atoms with van der Waals surface area (Å²) in [6, 6.07) is 80.9. The summed E-state index contributed by atoms with van der Waals surface area (Å²) in [6.07, 6.45) is 0. The van der Waals surface area contributed by atoms with Crippen molar-refractivity contribution in [3.05, 3.63) is 231 Å². The Morgan fingerprint density at radius 3 is 1.60 bits per heavy atom. The van der Waals surface area contributed by atoms with E-state index in [0.717, 1.165) is 92.9 Å². The standard InChI is InChI=1S/C64H38N6OS/c1-4-18-39(19-5-1)45-29-15-30-50-51-31-16-32-52(60(51)72-59(45)50)62-66-61(40-20-6-2-7-21-40)67-64(68-62)70-55-35-13-11-27-47(55)49-37-36-48-46-26-10-12-34-54(46)69(56(48)57(49)70)43-25-14-24-42(38-43)44-28-17-33-53-58(44)71-63(65-53)41-22-8-3-9-23-41/h1-38H. The van der Waals surface area contributed by atoms with Gasteiger partial charge in [-0.1, -0.05) is 182 Å². The number of aromatic nitrogens is 6. The van der Waals surface area contributed by atoms with Crippen LogP contribution >= 0.6 is 11.3 Å². The van der Waals surface area contributed by atoms with Crippen LogP contribution < -0.4 is 0 Å². The van der Waals surface area contributed by atoms with Gasteiger partial charge >= 0.3 is 0 Å². The molecule has 0 unspecified atom stereocenters. The third-order valence-corrected chi connectivity index (χ3v) is 15.3. The van der Waals surface area contributed by atoms with Crippen molar-refractivity contribution in [1.29, 1.82) is 0 Å². The molecule has 7 nitrogen and oxygen atoms in total. The fourth-order valence-electron chi connectivity index (χ4n) is 10.8. The summed E-state index contributed by atoms with van der Waals surface area (Å²) in [7, 11) is 0. The Morgan fingerprint density at radius 2 is 0.875 bits per heavy atom. The maximum absolute atomic E-state index is 6.57. The fourth-order valence-corrected chi connectivity index (χ4v) is 12.2. The predicted molar refractivity (Wildman–Crippen MR) is 296 cm³/mol. The van der Waals surface area contributed by atoms with Crippen LogP contribution in [0.1, 0.15) is 0 Å². The van der Waals surface area contributed by atoms with E-state index in [2.05, 4.69) is 185 Å². The van der Waals surface area contributed by atoms with Crippen molar-refractivity contribution in [2.45, 2.75) is 0 Å². The minimum atomic E-state index is 0.539. The van der Waals surface area contributed by atoms with Gasteiger partial charge in [0, 0.05) is 69.7 Å². The molecule has 0 atom stereocenters. The zero-order valence-electron chi connectivity index (χ0n) is 38.4. The Kier molecular flexibility index (Phi) is 8.99. The van der Waals surface area contributed by atoms with Crippen molar-refractivity contribution in [3.63, 3.8) is 0 Å². The molecule has 5 aromatic heterocycles. The van der Waals surface area contributed by atoms with E-state index in [1.54, 1.807) is 11.3 Å². The molecule has 336 valence electrons. The predicted octanol–water partition coefficient (Wildman–Crippen LogP) is 16.9. The second kappa shape index (κ2) is 16.0. The summed E-state index contributed by atoms with van der Waals surface area (Å²) < 4.78 is 13.6. The molecule has 0 aliphatic heterocycles. The van der Waals surface area contributed by atoms with Gasteiger partial charge in [-0.15, -0.1) is 11.3 Å². The van der Waals surface area contributed by atoms with Gasteiger partial charge in [0.15, 0.2) is 17.2 Å². The van der Waals surface area contributed by atoms with E-state index in [1.807, 2.05) is 54.6 Å². The molecule has 72 heavy (non-hydrogen) atoms. The first-order valence-corrected chi connectivity index (χ1v) is 24.9. The van der Waals surface area contributed by atoms with Gasteiger partial charge in [0.05, 0.1) is 22.1 Å². The SMILES string of the molecule is c1ccc(-c2nc(-c3cccc4c3sc3c(-c5ccccc5)cccc34)nc(-n3c4ccccc4c4ccc5c6ccccc6n(-c6cccc(-c7cccc8nc(-c9ccccc9)oc78)c6)c5c43)n2)cc1. The van der Waals surface area contributed by atoms with Crippen molar-refractivity contribution < 1.29 is 4.42 Å². The van der Waals surface area contributed by atoms with E-state index in [-0.39, 0.29) is 0 Å². The molecule has 15 rings (SSSR count). The molecule has 0 fully saturated rings. The highest BCUT2D eigenvalue weighted by Crippen LogP contribution is 2.45. The van der Waals surface area contributed by atoms with Crippen LogP contribution in [0.4, 0.5) is 0 Å². The van der Waals surface area contributed by atoms with Crippen LogP contribution in [0.5, 0.6) is 0 Å². The summed E-state index contributed by atoms with van der Waals surface area (Å²) in [5.74, 6) is 2.35. The highest BCUT2D eigenvalue weighted by molar-refractivity contribution is 7.26. The number of nitrogens with zero attached hydrogens (tertiary/aromatic N) is 6. The lowest BCUT2D eigenvalue weighted by atomic mass is 10.0. The first kappa shape index (κ1) is 40.4. The van der Waals surface area contributed by atoms with Gasteiger partial charge < -0.3 is 8.98 Å². The van der Waals surface area contributed by atoms with E-state index in [9.17, 15) is 0 Å². The number of rotatable bonds is 7. The molecular weight excluding hydrogens is 901 g/mol. The number of hydrogen-bond acceptors (Lipinski definition) is 6. The molecule has 0 bridgehead atoms. The van der Waals surface area contributed by atoms with E-state index in [1.165, 1.54) is 26.6 Å². The van der Waals surface area contributed by atoms with Crippen molar-refractivity contribution in [3.8, 4) is 68.1 Å². The molecule has 0 saturated carbocycles. The molecule has 0 aliphatic rings. The van der Waals surface area contributed by atoms with Crippen molar-refractivity contribution >= 4 is 86.2 Å². The van der Waals surface area contributed by atoms with Gasteiger partial charge in [-0.3, -0.25) is 4.57 Å². The van der Waals surface area contributed by atoms with Crippen LogP contribution in [0.15, 0.2) is 235 Å². The number of oxazole rings is 1. The summed E-state index contributed by atoms with van der Waals surface area (Å²) >= 11 is 1.80. The second-order valence-corrected chi connectivity index (χ2v) is 19.2. The highest BCUT2D eigenvalue weighted by Gasteiger charge is 2.25. The zero-order chi connectivity index (χ0) is 47.3. The second-order valence-electron chi connectivity index (χ2n) is 18.1. The van der Waals surface area contributed by atoms with Gasteiger partial charge in [-0.25, -0.2) is 9.97 Å². The quantitative estimate of drug-likeness (QED) is 0.159. The summed E-state index contributed by atoms with van der Waals surface area (Å²) in [5.41, 5.74) is 13.9. The molecule has 0 saturated heterocycles. The molecule has 8 heteroatoms. The number of hydrogen-bond donors (Lipinski definition) is 0. The third kappa shape index (κ3) is 6.22. The average Bonchev–Trinajstić information content (AvgIpc) is 4.23. The Balaban J connectivity index is 0.996. The van der Waals surface area contributed by atoms with Crippen LogP contribution in [0.3, 0.4) is 0 Å². The van der Waals surface area contributed by atoms with Gasteiger partial charge in [-0.2, -0.15) is 9.97 Å². The number of para-hydroxylation sites is 3. The van der Waals surface area contributed by atoms with Gasteiger partial charge in [0.2, 0.25) is 11.8 Å². The Hall–Kier alpha value is -9.50. The van der Waals surface area contributed by atoms with E-state index in [4.69, 9.17) is 24.4 Å². The smallest absolute Gasteiger partial charge is 0.238 e. The molecule has 10 aromatic carbocycles. The molecule has 0 aliphatic carbocycles. The largest absolute Gasteiger partial charge is 0.435 e. The number of thiophene rings is 1.